The standard InChI is InChI=1S/C21H25NO2/c1-3-22(4-2)16-19-12-8-9-13-20(19)17-24-21(23)15-14-18-10-6-5-7-11-18/h5-15H,3-4,16-17H2,1-2H3. The van der Waals surface area contributed by atoms with Crippen LogP contribution >= 0.6 is 0 Å². The minimum absolute atomic E-state index is 0.301. The maximum absolute atomic E-state index is 11.9. The van der Waals surface area contributed by atoms with Crippen molar-refractivity contribution in [3.63, 3.8) is 0 Å². The molecule has 0 bridgehead atoms. The number of carbonyl (C=O) groups is 1. The van der Waals surface area contributed by atoms with Gasteiger partial charge in [0, 0.05) is 12.6 Å². The van der Waals surface area contributed by atoms with Gasteiger partial charge in [-0.05, 0) is 35.9 Å². The lowest BCUT2D eigenvalue weighted by Gasteiger charge is -2.20. The smallest absolute Gasteiger partial charge is 0.331 e. The molecule has 24 heavy (non-hydrogen) atoms. The molecule has 0 N–H and O–H groups in total. The minimum Gasteiger partial charge on any atom is -0.458 e. The van der Waals surface area contributed by atoms with Gasteiger partial charge in [-0.3, -0.25) is 4.90 Å². The molecule has 0 heterocycles. The van der Waals surface area contributed by atoms with Crippen LogP contribution in [0.5, 0.6) is 0 Å². The molecular formula is C21H25NO2. The van der Waals surface area contributed by atoms with Crippen LogP contribution in [0, 0.1) is 0 Å². The van der Waals surface area contributed by atoms with Crippen LogP contribution in [0.15, 0.2) is 60.7 Å². The molecule has 0 amide bonds. The molecule has 0 fully saturated rings. The molecule has 3 nitrogen and oxygen atoms in total. The second-order valence-electron chi connectivity index (χ2n) is 5.58. The van der Waals surface area contributed by atoms with Crippen molar-refractivity contribution in [1.82, 2.24) is 4.90 Å². The molecule has 2 rings (SSSR count). The van der Waals surface area contributed by atoms with Gasteiger partial charge in [0.1, 0.15) is 6.61 Å². The number of hydrogen-bond donors (Lipinski definition) is 0. The zero-order valence-corrected chi connectivity index (χ0v) is 14.4. The van der Waals surface area contributed by atoms with E-state index in [1.807, 2.05) is 48.5 Å². The summed E-state index contributed by atoms with van der Waals surface area (Å²) in [5, 5.41) is 0. The Morgan fingerprint density at radius 1 is 0.958 bits per heavy atom. The average Bonchev–Trinajstić information content (AvgIpc) is 2.64. The monoisotopic (exact) mass is 323 g/mol. The Kier molecular flexibility index (Phi) is 7.24. The van der Waals surface area contributed by atoms with Crippen molar-refractivity contribution in [2.45, 2.75) is 27.0 Å². The molecule has 0 unspecified atom stereocenters. The SMILES string of the molecule is CCN(CC)Cc1ccccc1COC(=O)C=Cc1ccccc1. The molecule has 0 aliphatic carbocycles. The molecule has 0 saturated heterocycles. The number of ether oxygens (including phenoxy) is 1. The first kappa shape index (κ1) is 18.0. The highest BCUT2D eigenvalue weighted by Gasteiger charge is 2.07. The largest absolute Gasteiger partial charge is 0.458 e. The highest BCUT2D eigenvalue weighted by atomic mass is 16.5. The lowest BCUT2D eigenvalue weighted by Crippen LogP contribution is -2.23. The fourth-order valence-electron chi connectivity index (χ4n) is 2.47. The summed E-state index contributed by atoms with van der Waals surface area (Å²) in [5.41, 5.74) is 3.25. The molecular weight excluding hydrogens is 298 g/mol. The molecule has 0 radical (unpaired) electrons. The van der Waals surface area contributed by atoms with Gasteiger partial charge in [-0.2, -0.15) is 0 Å². The van der Waals surface area contributed by atoms with Crippen LogP contribution in [-0.2, 0) is 22.7 Å². The molecule has 0 atom stereocenters. The van der Waals surface area contributed by atoms with Crippen molar-refractivity contribution in [3.05, 3.63) is 77.4 Å². The van der Waals surface area contributed by atoms with Gasteiger partial charge in [0.15, 0.2) is 0 Å². The lowest BCUT2D eigenvalue weighted by atomic mass is 10.1. The van der Waals surface area contributed by atoms with Crippen molar-refractivity contribution in [3.8, 4) is 0 Å². The summed E-state index contributed by atoms with van der Waals surface area (Å²) in [6.45, 7) is 7.49. The highest BCUT2D eigenvalue weighted by molar-refractivity contribution is 5.87. The maximum atomic E-state index is 11.9. The normalized spacial score (nSPS) is 11.1. The first-order chi connectivity index (χ1) is 11.7. The third kappa shape index (κ3) is 5.67. The molecule has 126 valence electrons. The van der Waals surface area contributed by atoms with E-state index in [1.165, 1.54) is 11.6 Å². The second-order valence-corrected chi connectivity index (χ2v) is 5.58. The Morgan fingerprint density at radius 3 is 2.25 bits per heavy atom. The predicted octanol–water partition coefficient (Wildman–Crippen LogP) is 4.29. The summed E-state index contributed by atoms with van der Waals surface area (Å²) in [7, 11) is 0. The molecule has 2 aromatic carbocycles. The Bertz CT molecular complexity index is 661. The number of carbonyl (C=O) groups excluding carboxylic acids is 1. The van der Waals surface area contributed by atoms with E-state index in [0.717, 1.165) is 30.8 Å². The lowest BCUT2D eigenvalue weighted by molar-refractivity contribution is -0.138. The first-order valence-electron chi connectivity index (χ1n) is 8.42. The van der Waals surface area contributed by atoms with Gasteiger partial charge in [-0.25, -0.2) is 4.79 Å². The van der Waals surface area contributed by atoms with E-state index < -0.39 is 0 Å². The topological polar surface area (TPSA) is 29.5 Å². The van der Waals surface area contributed by atoms with Crippen LogP contribution in [-0.4, -0.2) is 24.0 Å². The Morgan fingerprint density at radius 2 is 1.58 bits per heavy atom. The number of benzene rings is 2. The fourth-order valence-corrected chi connectivity index (χ4v) is 2.47. The van der Waals surface area contributed by atoms with E-state index in [9.17, 15) is 4.79 Å². The van der Waals surface area contributed by atoms with Crippen LogP contribution in [0.2, 0.25) is 0 Å². The van der Waals surface area contributed by atoms with Crippen molar-refractivity contribution >= 4 is 12.0 Å². The van der Waals surface area contributed by atoms with Crippen molar-refractivity contribution in [2.24, 2.45) is 0 Å². The zero-order chi connectivity index (χ0) is 17.2. The van der Waals surface area contributed by atoms with Crippen LogP contribution in [0.25, 0.3) is 6.08 Å². The third-order valence-electron chi connectivity index (χ3n) is 3.99. The van der Waals surface area contributed by atoms with E-state index >= 15 is 0 Å². The van der Waals surface area contributed by atoms with E-state index in [-0.39, 0.29) is 5.97 Å². The van der Waals surface area contributed by atoms with Crippen LogP contribution < -0.4 is 0 Å². The number of nitrogens with zero attached hydrogens (tertiary/aromatic N) is 1. The predicted molar refractivity (Wildman–Crippen MR) is 98.3 cm³/mol. The van der Waals surface area contributed by atoms with E-state index in [1.54, 1.807) is 6.08 Å². The van der Waals surface area contributed by atoms with Crippen molar-refractivity contribution in [1.29, 1.82) is 0 Å². The molecule has 2 aromatic rings. The molecule has 3 heteroatoms. The van der Waals surface area contributed by atoms with Gasteiger partial charge in [0.05, 0.1) is 0 Å². The Hall–Kier alpha value is -2.39. The molecule has 0 saturated carbocycles. The van der Waals surface area contributed by atoms with E-state index in [4.69, 9.17) is 4.74 Å². The maximum Gasteiger partial charge on any atom is 0.331 e. The van der Waals surface area contributed by atoms with Crippen molar-refractivity contribution in [2.75, 3.05) is 13.1 Å². The third-order valence-corrected chi connectivity index (χ3v) is 3.99. The Balaban J connectivity index is 1.94. The number of esters is 1. The summed E-state index contributed by atoms with van der Waals surface area (Å²) in [6, 6.07) is 17.8. The van der Waals surface area contributed by atoms with Crippen molar-refractivity contribution < 1.29 is 9.53 Å². The summed E-state index contributed by atoms with van der Waals surface area (Å²) in [6.07, 6.45) is 3.24. The van der Waals surface area contributed by atoms with Gasteiger partial charge in [-0.1, -0.05) is 68.4 Å². The van der Waals surface area contributed by atoms with Gasteiger partial charge in [0.2, 0.25) is 0 Å². The summed E-state index contributed by atoms with van der Waals surface area (Å²) < 4.78 is 5.40. The highest BCUT2D eigenvalue weighted by Crippen LogP contribution is 2.13. The minimum atomic E-state index is -0.323. The Labute approximate surface area is 144 Å². The van der Waals surface area contributed by atoms with Gasteiger partial charge < -0.3 is 4.74 Å². The van der Waals surface area contributed by atoms with Gasteiger partial charge in [0.25, 0.3) is 0 Å². The molecule has 0 aliphatic rings. The number of rotatable bonds is 8. The molecule has 0 aromatic heterocycles. The summed E-state index contributed by atoms with van der Waals surface area (Å²) in [5.74, 6) is -0.323. The quantitative estimate of drug-likeness (QED) is 0.536. The fraction of sp³-hybridized carbons (Fsp3) is 0.286. The second kappa shape index (κ2) is 9.68. The molecule has 0 aliphatic heterocycles. The zero-order valence-electron chi connectivity index (χ0n) is 14.4. The summed E-state index contributed by atoms with van der Waals surface area (Å²) >= 11 is 0. The number of hydrogen-bond acceptors (Lipinski definition) is 3. The van der Waals surface area contributed by atoms with Crippen LogP contribution in [0.3, 0.4) is 0 Å². The summed E-state index contributed by atoms with van der Waals surface area (Å²) in [4.78, 5) is 14.3. The van der Waals surface area contributed by atoms with E-state index in [2.05, 4.69) is 24.8 Å². The van der Waals surface area contributed by atoms with Crippen LogP contribution in [0.4, 0.5) is 0 Å². The van der Waals surface area contributed by atoms with E-state index in [0.29, 0.717) is 6.61 Å². The van der Waals surface area contributed by atoms with Gasteiger partial charge >= 0.3 is 5.97 Å². The van der Waals surface area contributed by atoms with Gasteiger partial charge in [-0.15, -0.1) is 0 Å². The first-order valence-corrected chi connectivity index (χ1v) is 8.42. The van der Waals surface area contributed by atoms with Crippen LogP contribution in [0.1, 0.15) is 30.5 Å². The average molecular weight is 323 g/mol. The molecule has 0 spiro atoms.